The van der Waals surface area contributed by atoms with E-state index in [0.717, 1.165) is 33.5 Å². The van der Waals surface area contributed by atoms with Gasteiger partial charge in [0.15, 0.2) is 0 Å². The van der Waals surface area contributed by atoms with E-state index in [1.54, 1.807) is 0 Å². The number of anilines is 1. The average Bonchev–Trinajstić information content (AvgIpc) is 2.55. The molecule has 0 bridgehead atoms. The van der Waals surface area contributed by atoms with Crippen LogP contribution in [0.1, 0.15) is 11.4 Å². The molecule has 0 aliphatic carbocycles. The van der Waals surface area contributed by atoms with E-state index in [1.807, 2.05) is 67.6 Å². The van der Waals surface area contributed by atoms with Crippen LogP contribution in [0.15, 0.2) is 60.7 Å². The van der Waals surface area contributed by atoms with Crippen molar-refractivity contribution in [2.45, 2.75) is 13.5 Å². The van der Waals surface area contributed by atoms with Gasteiger partial charge in [0.1, 0.15) is 11.6 Å². The van der Waals surface area contributed by atoms with Crippen LogP contribution < -0.4 is 5.32 Å². The van der Waals surface area contributed by atoms with Crippen LogP contribution in [0.3, 0.4) is 0 Å². The molecule has 4 heteroatoms. The number of hydrogen-bond acceptors (Lipinski definition) is 3. The molecule has 0 saturated carbocycles. The molecule has 0 spiro atoms. The van der Waals surface area contributed by atoms with Crippen molar-refractivity contribution in [3.8, 4) is 11.3 Å². The fraction of sp³-hybridized carbons (Fsp3) is 0.111. The Labute approximate surface area is 135 Å². The van der Waals surface area contributed by atoms with Gasteiger partial charge in [-0.1, -0.05) is 54.1 Å². The van der Waals surface area contributed by atoms with E-state index in [1.165, 1.54) is 0 Å². The molecule has 0 fully saturated rings. The van der Waals surface area contributed by atoms with Crippen LogP contribution in [0.25, 0.3) is 11.3 Å². The maximum atomic E-state index is 5.90. The molecular weight excluding hydrogens is 294 g/mol. The van der Waals surface area contributed by atoms with Gasteiger partial charge in [0, 0.05) is 23.2 Å². The molecule has 0 saturated heterocycles. The van der Waals surface area contributed by atoms with Gasteiger partial charge in [-0.15, -0.1) is 0 Å². The molecule has 3 rings (SSSR count). The lowest BCUT2D eigenvalue weighted by Crippen LogP contribution is -2.03. The normalized spacial score (nSPS) is 10.5. The van der Waals surface area contributed by atoms with Crippen LogP contribution in [0, 0.1) is 6.92 Å². The zero-order valence-electron chi connectivity index (χ0n) is 12.3. The van der Waals surface area contributed by atoms with Crippen molar-refractivity contribution < 1.29 is 0 Å². The van der Waals surface area contributed by atoms with Crippen LogP contribution >= 0.6 is 11.6 Å². The van der Waals surface area contributed by atoms with E-state index in [0.29, 0.717) is 6.54 Å². The first-order valence-electron chi connectivity index (χ1n) is 7.10. The van der Waals surface area contributed by atoms with Crippen molar-refractivity contribution >= 4 is 17.4 Å². The summed E-state index contributed by atoms with van der Waals surface area (Å²) in [6.07, 6.45) is 0. The summed E-state index contributed by atoms with van der Waals surface area (Å²) in [7, 11) is 0. The molecule has 1 heterocycles. The summed E-state index contributed by atoms with van der Waals surface area (Å²) < 4.78 is 0. The van der Waals surface area contributed by atoms with Crippen molar-refractivity contribution in [2.24, 2.45) is 0 Å². The lowest BCUT2D eigenvalue weighted by Gasteiger charge is -2.09. The topological polar surface area (TPSA) is 37.8 Å². The van der Waals surface area contributed by atoms with Crippen molar-refractivity contribution in [1.29, 1.82) is 0 Å². The first kappa shape index (κ1) is 14.5. The third kappa shape index (κ3) is 3.62. The standard InChI is InChI=1S/C18H16ClN3/c1-13-21-17(15-5-3-2-4-6-15)11-18(22-13)20-12-14-7-9-16(19)10-8-14/h2-11H,12H2,1H3,(H,20,21,22). The Morgan fingerprint density at radius 3 is 2.41 bits per heavy atom. The van der Waals surface area contributed by atoms with Gasteiger partial charge < -0.3 is 5.32 Å². The lowest BCUT2D eigenvalue weighted by molar-refractivity contribution is 1.03. The summed E-state index contributed by atoms with van der Waals surface area (Å²) in [5.41, 5.74) is 3.16. The van der Waals surface area contributed by atoms with Gasteiger partial charge in [-0.05, 0) is 24.6 Å². The molecule has 0 radical (unpaired) electrons. The minimum Gasteiger partial charge on any atom is -0.366 e. The molecule has 3 aromatic rings. The first-order chi connectivity index (χ1) is 10.7. The Morgan fingerprint density at radius 2 is 1.68 bits per heavy atom. The molecule has 22 heavy (non-hydrogen) atoms. The quantitative estimate of drug-likeness (QED) is 0.758. The number of benzene rings is 2. The Kier molecular flexibility index (Phi) is 4.35. The molecule has 1 aromatic heterocycles. The van der Waals surface area contributed by atoms with Crippen molar-refractivity contribution in [3.05, 3.63) is 77.1 Å². The first-order valence-corrected chi connectivity index (χ1v) is 7.48. The molecule has 2 aromatic carbocycles. The minimum absolute atomic E-state index is 0.696. The number of halogens is 1. The number of aryl methyl sites for hydroxylation is 1. The van der Waals surface area contributed by atoms with Crippen molar-refractivity contribution in [1.82, 2.24) is 9.97 Å². The maximum Gasteiger partial charge on any atom is 0.130 e. The minimum atomic E-state index is 0.696. The molecule has 110 valence electrons. The van der Waals surface area contributed by atoms with E-state index in [-0.39, 0.29) is 0 Å². The Bertz CT molecular complexity index is 755. The predicted octanol–water partition coefficient (Wildman–Crippen LogP) is 4.72. The summed E-state index contributed by atoms with van der Waals surface area (Å²) in [5, 5.41) is 4.08. The second-order valence-corrected chi connectivity index (χ2v) is 5.47. The van der Waals surface area contributed by atoms with Gasteiger partial charge >= 0.3 is 0 Å². The van der Waals surface area contributed by atoms with E-state index in [9.17, 15) is 0 Å². The van der Waals surface area contributed by atoms with Crippen LogP contribution in [0.5, 0.6) is 0 Å². The maximum absolute atomic E-state index is 5.90. The predicted molar refractivity (Wildman–Crippen MR) is 91.0 cm³/mol. The zero-order chi connectivity index (χ0) is 15.4. The van der Waals surface area contributed by atoms with Gasteiger partial charge in [-0.25, -0.2) is 9.97 Å². The fourth-order valence-electron chi connectivity index (χ4n) is 2.21. The number of rotatable bonds is 4. The summed E-state index contributed by atoms with van der Waals surface area (Å²) >= 11 is 5.90. The largest absolute Gasteiger partial charge is 0.366 e. The van der Waals surface area contributed by atoms with Crippen molar-refractivity contribution in [3.63, 3.8) is 0 Å². The van der Waals surface area contributed by atoms with E-state index in [4.69, 9.17) is 11.6 Å². The Balaban J connectivity index is 1.79. The number of hydrogen-bond donors (Lipinski definition) is 1. The summed E-state index contributed by atoms with van der Waals surface area (Å²) in [5.74, 6) is 1.57. The number of aromatic nitrogens is 2. The average molecular weight is 310 g/mol. The molecular formula is C18H16ClN3. The van der Waals surface area contributed by atoms with E-state index in [2.05, 4.69) is 15.3 Å². The molecule has 0 unspecified atom stereocenters. The van der Waals surface area contributed by atoms with Crippen LogP contribution in [-0.2, 0) is 6.54 Å². The second kappa shape index (κ2) is 6.58. The Morgan fingerprint density at radius 1 is 0.955 bits per heavy atom. The molecule has 3 nitrogen and oxygen atoms in total. The molecule has 0 aliphatic rings. The highest BCUT2D eigenvalue weighted by Crippen LogP contribution is 2.20. The molecule has 0 atom stereocenters. The summed E-state index contributed by atoms with van der Waals surface area (Å²) in [6.45, 7) is 2.60. The van der Waals surface area contributed by atoms with Crippen LogP contribution in [0.2, 0.25) is 5.02 Å². The Hall–Kier alpha value is -2.39. The highest BCUT2D eigenvalue weighted by molar-refractivity contribution is 6.30. The monoisotopic (exact) mass is 309 g/mol. The van der Waals surface area contributed by atoms with Gasteiger partial charge in [0.05, 0.1) is 5.69 Å². The molecule has 1 N–H and O–H groups in total. The third-order valence-electron chi connectivity index (χ3n) is 3.29. The number of nitrogens with one attached hydrogen (secondary N) is 1. The highest BCUT2D eigenvalue weighted by Gasteiger charge is 2.04. The van der Waals surface area contributed by atoms with Crippen molar-refractivity contribution in [2.75, 3.05) is 5.32 Å². The molecule has 0 amide bonds. The molecule has 0 aliphatic heterocycles. The van der Waals surface area contributed by atoms with Gasteiger partial charge in [0.2, 0.25) is 0 Å². The third-order valence-corrected chi connectivity index (χ3v) is 3.55. The SMILES string of the molecule is Cc1nc(NCc2ccc(Cl)cc2)cc(-c2ccccc2)n1. The lowest BCUT2D eigenvalue weighted by atomic mass is 10.1. The fourth-order valence-corrected chi connectivity index (χ4v) is 2.34. The van der Waals surface area contributed by atoms with E-state index >= 15 is 0 Å². The summed E-state index contributed by atoms with van der Waals surface area (Å²) in [6, 6.07) is 19.9. The van der Waals surface area contributed by atoms with Gasteiger partial charge in [-0.2, -0.15) is 0 Å². The van der Waals surface area contributed by atoms with Crippen LogP contribution in [0.4, 0.5) is 5.82 Å². The smallest absolute Gasteiger partial charge is 0.130 e. The zero-order valence-corrected chi connectivity index (χ0v) is 13.0. The van der Waals surface area contributed by atoms with Crippen LogP contribution in [-0.4, -0.2) is 9.97 Å². The van der Waals surface area contributed by atoms with E-state index < -0.39 is 0 Å². The van der Waals surface area contributed by atoms with Gasteiger partial charge in [0.25, 0.3) is 0 Å². The second-order valence-electron chi connectivity index (χ2n) is 5.03. The van der Waals surface area contributed by atoms with Gasteiger partial charge in [-0.3, -0.25) is 0 Å². The summed E-state index contributed by atoms with van der Waals surface area (Å²) in [4.78, 5) is 8.95. The highest BCUT2D eigenvalue weighted by atomic mass is 35.5. The number of nitrogens with zero attached hydrogens (tertiary/aromatic N) is 2.